The number of ether oxygens (including phenoxy) is 1. The fraction of sp³-hybridized carbons (Fsp3) is 0.0870. The molecular formula is C23H17BrClN3O3. The quantitative estimate of drug-likeness (QED) is 0.330. The van der Waals surface area contributed by atoms with Crippen LogP contribution in [0.15, 0.2) is 75.6 Å². The first-order chi connectivity index (χ1) is 15.0. The zero-order valence-electron chi connectivity index (χ0n) is 16.4. The normalized spacial score (nSPS) is 10.7. The molecule has 0 aliphatic rings. The molecule has 0 unspecified atom stereocenters. The third-order valence-electron chi connectivity index (χ3n) is 4.39. The Morgan fingerprint density at radius 1 is 1.03 bits per heavy atom. The summed E-state index contributed by atoms with van der Waals surface area (Å²) in [4.78, 5) is 12.8. The fourth-order valence-electron chi connectivity index (χ4n) is 2.94. The van der Waals surface area contributed by atoms with Gasteiger partial charge in [0.2, 0.25) is 11.8 Å². The van der Waals surface area contributed by atoms with Crippen LogP contribution in [0.25, 0.3) is 22.9 Å². The molecule has 0 radical (unpaired) electrons. The second-order valence-corrected chi connectivity index (χ2v) is 7.80. The zero-order chi connectivity index (χ0) is 21.8. The number of amides is 1. The lowest BCUT2D eigenvalue weighted by molar-refractivity contribution is 0.102. The summed E-state index contributed by atoms with van der Waals surface area (Å²) < 4.78 is 12.1. The van der Waals surface area contributed by atoms with Gasteiger partial charge in [0.1, 0.15) is 0 Å². The van der Waals surface area contributed by atoms with Gasteiger partial charge in [0, 0.05) is 21.7 Å². The summed E-state index contributed by atoms with van der Waals surface area (Å²) in [5, 5.41) is 11.5. The highest BCUT2D eigenvalue weighted by Crippen LogP contribution is 2.37. The Kier molecular flexibility index (Phi) is 6.34. The molecule has 0 fully saturated rings. The maximum atomic E-state index is 12.8. The SMILES string of the molecule is CCOc1c(Br)cc(Cl)cc1NC(=O)c1ccc(-c2nnc(-c3ccccc3)o2)cc1. The summed E-state index contributed by atoms with van der Waals surface area (Å²) >= 11 is 9.54. The second kappa shape index (κ2) is 9.32. The lowest BCUT2D eigenvalue weighted by Crippen LogP contribution is -2.13. The van der Waals surface area contributed by atoms with E-state index in [0.29, 0.717) is 50.4 Å². The molecular weight excluding hydrogens is 482 g/mol. The first-order valence-electron chi connectivity index (χ1n) is 9.47. The van der Waals surface area contributed by atoms with Gasteiger partial charge in [-0.15, -0.1) is 10.2 Å². The highest BCUT2D eigenvalue weighted by molar-refractivity contribution is 9.10. The van der Waals surface area contributed by atoms with Crippen molar-refractivity contribution in [2.45, 2.75) is 6.92 Å². The van der Waals surface area contributed by atoms with Crippen LogP contribution in [0.4, 0.5) is 5.69 Å². The highest BCUT2D eigenvalue weighted by atomic mass is 79.9. The van der Waals surface area contributed by atoms with Crippen LogP contribution in [0.1, 0.15) is 17.3 Å². The number of nitrogens with one attached hydrogen (secondary N) is 1. The van der Waals surface area contributed by atoms with Crippen LogP contribution in [0.5, 0.6) is 5.75 Å². The van der Waals surface area contributed by atoms with E-state index in [4.69, 9.17) is 20.8 Å². The van der Waals surface area contributed by atoms with E-state index in [1.54, 1.807) is 36.4 Å². The van der Waals surface area contributed by atoms with Gasteiger partial charge in [-0.1, -0.05) is 29.8 Å². The third-order valence-corrected chi connectivity index (χ3v) is 5.19. The average Bonchev–Trinajstić information content (AvgIpc) is 3.27. The van der Waals surface area contributed by atoms with Crippen LogP contribution in [-0.4, -0.2) is 22.7 Å². The van der Waals surface area contributed by atoms with Gasteiger partial charge < -0.3 is 14.5 Å². The number of hydrogen-bond donors (Lipinski definition) is 1. The van der Waals surface area contributed by atoms with Gasteiger partial charge in [-0.25, -0.2) is 0 Å². The molecule has 3 aromatic carbocycles. The third kappa shape index (κ3) is 4.78. The van der Waals surface area contributed by atoms with Crippen LogP contribution < -0.4 is 10.1 Å². The number of hydrogen-bond acceptors (Lipinski definition) is 5. The predicted molar refractivity (Wildman–Crippen MR) is 123 cm³/mol. The minimum Gasteiger partial charge on any atom is -0.491 e. The van der Waals surface area contributed by atoms with Crippen molar-refractivity contribution in [3.8, 4) is 28.7 Å². The van der Waals surface area contributed by atoms with Crippen molar-refractivity contribution in [1.29, 1.82) is 0 Å². The minimum absolute atomic E-state index is 0.294. The van der Waals surface area contributed by atoms with Gasteiger partial charge in [-0.3, -0.25) is 4.79 Å². The van der Waals surface area contributed by atoms with Crippen molar-refractivity contribution >= 4 is 39.1 Å². The number of carbonyl (C=O) groups is 1. The van der Waals surface area contributed by atoms with Crippen molar-refractivity contribution in [2.75, 3.05) is 11.9 Å². The molecule has 1 heterocycles. The Morgan fingerprint density at radius 3 is 2.32 bits per heavy atom. The molecule has 0 atom stereocenters. The number of rotatable bonds is 6. The summed E-state index contributed by atoms with van der Waals surface area (Å²) in [5.41, 5.74) is 2.51. The van der Waals surface area contributed by atoms with E-state index in [0.717, 1.165) is 5.56 Å². The second-order valence-electron chi connectivity index (χ2n) is 6.51. The van der Waals surface area contributed by atoms with Gasteiger partial charge in [0.25, 0.3) is 5.91 Å². The molecule has 31 heavy (non-hydrogen) atoms. The van der Waals surface area contributed by atoms with Gasteiger partial charge in [0.05, 0.1) is 16.8 Å². The Bertz CT molecular complexity index is 1210. The molecule has 1 amide bonds. The van der Waals surface area contributed by atoms with E-state index in [9.17, 15) is 4.79 Å². The van der Waals surface area contributed by atoms with E-state index >= 15 is 0 Å². The van der Waals surface area contributed by atoms with Crippen molar-refractivity contribution in [1.82, 2.24) is 10.2 Å². The summed E-state index contributed by atoms with van der Waals surface area (Å²) in [6.45, 7) is 2.32. The molecule has 0 saturated heterocycles. The van der Waals surface area contributed by atoms with Crippen LogP contribution in [0.3, 0.4) is 0 Å². The lowest BCUT2D eigenvalue weighted by atomic mass is 10.1. The fourth-order valence-corrected chi connectivity index (χ4v) is 3.86. The van der Waals surface area contributed by atoms with Gasteiger partial charge in [-0.2, -0.15) is 0 Å². The topological polar surface area (TPSA) is 77.2 Å². The Labute approximate surface area is 192 Å². The number of carbonyl (C=O) groups excluding carboxylic acids is 1. The molecule has 0 aliphatic carbocycles. The molecule has 1 aromatic heterocycles. The molecule has 1 N–H and O–H groups in total. The maximum Gasteiger partial charge on any atom is 0.255 e. The minimum atomic E-state index is -0.294. The smallest absolute Gasteiger partial charge is 0.255 e. The first kappa shape index (κ1) is 21.1. The number of nitrogens with zero attached hydrogens (tertiary/aromatic N) is 2. The van der Waals surface area contributed by atoms with Crippen LogP contribution in [-0.2, 0) is 0 Å². The van der Waals surface area contributed by atoms with Crippen molar-refractivity contribution in [2.24, 2.45) is 0 Å². The summed E-state index contributed by atoms with van der Waals surface area (Å²) in [5.74, 6) is 1.05. The molecule has 4 aromatic rings. The molecule has 4 rings (SSSR count). The highest BCUT2D eigenvalue weighted by Gasteiger charge is 2.15. The number of halogens is 2. The van der Waals surface area contributed by atoms with Gasteiger partial charge in [0.15, 0.2) is 5.75 Å². The summed E-state index contributed by atoms with van der Waals surface area (Å²) in [6, 6.07) is 19.8. The Balaban J connectivity index is 1.53. The van der Waals surface area contributed by atoms with E-state index in [1.807, 2.05) is 37.3 Å². The average molecular weight is 499 g/mol. The van der Waals surface area contributed by atoms with Crippen LogP contribution in [0.2, 0.25) is 5.02 Å². The van der Waals surface area contributed by atoms with Gasteiger partial charge >= 0.3 is 0 Å². The lowest BCUT2D eigenvalue weighted by Gasteiger charge is -2.14. The molecule has 0 saturated carbocycles. The van der Waals surface area contributed by atoms with Crippen molar-refractivity contribution < 1.29 is 13.9 Å². The monoisotopic (exact) mass is 497 g/mol. The largest absolute Gasteiger partial charge is 0.491 e. The molecule has 0 bridgehead atoms. The molecule has 0 spiro atoms. The molecule has 6 nitrogen and oxygen atoms in total. The van der Waals surface area contributed by atoms with Crippen LogP contribution in [0, 0.1) is 0 Å². The molecule has 8 heteroatoms. The number of anilines is 1. The predicted octanol–water partition coefficient (Wildman–Crippen LogP) is 6.47. The van der Waals surface area contributed by atoms with E-state index < -0.39 is 0 Å². The first-order valence-corrected chi connectivity index (χ1v) is 10.6. The van der Waals surface area contributed by atoms with Crippen LogP contribution >= 0.6 is 27.5 Å². The zero-order valence-corrected chi connectivity index (χ0v) is 18.8. The number of benzene rings is 3. The summed E-state index contributed by atoms with van der Waals surface area (Å²) in [7, 11) is 0. The number of aromatic nitrogens is 2. The molecule has 156 valence electrons. The maximum absolute atomic E-state index is 12.8. The Hall–Kier alpha value is -3.16. The standard InChI is InChI=1S/C23H17BrClN3O3/c1-2-30-20-18(24)12-17(25)13-19(20)26-21(29)14-8-10-16(11-9-14)23-28-27-22(31-23)15-6-4-3-5-7-15/h3-13H,2H2,1H3,(H,26,29). The van der Waals surface area contributed by atoms with E-state index in [-0.39, 0.29) is 5.91 Å². The molecule has 0 aliphatic heterocycles. The van der Waals surface area contributed by atoms with Crippen molar-refractivity contribution in [3.63, 3.8) is 0 Å². The van der Waals surface area contributed by atoms with Crippen molar-refractivity contribution in [3.05, 3.63) is 81.8 Å². The van der Waals surface area contributed by atoms with Gasteiger partial charge in [-0.05, 0) is 71.4 Å². The van der Waals surface area contributed by atoms with E-state index in [1.165, 1.54) is 0 Å². The Morgan fingerprint density at radius 2 is 1.68 bits per heavy atom. The summed E-state index contributed by atoms with van der Waals surface area (Å²) in [6.07, 6.45) is 0. The van der Waals surface area contributed by atoms with E-state index in [2.05, 4.69) is 31.4 Å².